The zero-order chi connectivity index (χ0) is 12.4. The Morgan fingerprint density at radius 3 is 3.00 bits per heavy atom. The minimum Gasteiger partial charge on any atom is -0.397 e. The summed E-state index contributed by atoms with van der Waals surface area (Å²) in [6.07, 6.45) is 1.17. The molecule has 1 aromatic carbocycles. The summed E-state index contributed by atoms with van der Waals surface area (Å²) < 4.78 is 13.3. The molecule has 0 spiro atoms. The van der Waals surface area contributed by atoms with Crippen LogP contribution in [0.3, 0.4) is 0 Å². The minimum absolute atomic E-state index is 0.0636. The lowest BCUT2D eigenvalue weighted by molar-refractivity contribution is 0.399. The van der Waals surface area contributed by atoms with Gasteiger partial charge in [0, 0.05) is 19.2 Å². The summed E-state index contributed by atoms with van der Waals surface area (Å²) in [5, 5.41) is 3.26. The molecule has 0 aromatic heterocycles. The van der Waals surface area contributed by atoms with E-state index in [-0.39, 0.29) is 5.02 Å². The van der Waals surface area contributed by atoms with Gasteiger partial charge in [-0.15, -0.1) is 0 Å². The van der Waals surface area contributed by atoms with Crippen LogP contribution in [-0.4, -0.2) is 31.6 Å². The molecule has 1 unspecified atom stereocenters. The monoisotopic (exact) mass is 257 g/mol. The second-order valence-electron chi connectivity index (χ2n) is 4.65. The van der Waals surface area contributed by atoms with E-state index in [2.05, 4.69) is 17.3 Å². The Morgan fingerprint density at radius 1 is 1.59 bits per heavy atom. The average molecular weight is 258 g/mol. The average Bonchev–Trinajstić information content (AvgIpc) is 2.68. The Labute approximate surface area is 106 Å². The number of rotatable bonds is 3. The topological polar surface area (TPSA) is 41.3 Å². The van der Waals surface area contributed by atoms with E-state index in [1.807, 2.05) is 0 Å². The molecular formula is C12H17ClFN3. The van der Waals surface area contributed by atoms with Crippen LogP contribution in [0.15, 0.2) is 12.1 Å². The molecule has 0 amide bonds. The molecule has 1 aliphatic rings. The van der Waals surface area contributed by atoms with E-state index in [4.69, 9.17) is 17.3 Å². The van der Waals surface area contributed by atoms with Gasteiger partial charge in [0.2, 0.25) is 0 Å². The third-order valence-electron chi connectivity index (χ3n) is 3.16. The van der Waals surface area contributed by atoms with Gasteiger partial charge < -0.3 is 16.0 Å². The lowest BCUT2D eigenvalue weighted by atomic mass is 10.1. The standard InChI is InChI=1S/C12H17ClFN3/c1-17-3-2-8(7-17)6-16-12-5-10(14)9(13)4-11(12)15/h4-5,8,16H,2-3,6-7,15H2,1H3. The number of halogens is 2. The van der Waals surface area contributed by atoms with E-state index in [0.29, 0.717) is 17.3 Å². The molecule has 94 valence electrons. The third-order valence-corrected chi connectivity index (χ3v) is 3.45. The van der Waals surface area contributed by atoms with Crippen LogP contribution in [0.4, 0.5) is 15.8 Å². The highest BCUT2D eigenvalue weighted by molar-refractivity contribution is 6.31. The Hall–Kier alpha value is -1.00. The van der Waals surface area contributed by atoms with Gasteiger partial charge in [0.05, 0.1) is 16.4 Å². The number of hydrogen-bond donors (Lipinski definition) is 2. The van der Waals surface area contributed by atoms with Crippen LogP contribution in [0.25, 0.3) is 0 Å². The molecule has 0 radical (unpaired) electrons. The number of nitrogens with two attached hydrogens (primary N) is 1. The number of nitrogen functional groups attached to an aromatic ring is 1. The molecule has 1 saturated heterocycles. The number of hydrogen-bond acceptors (Lipinski definition) is 3. The molecule has 17 heavy (non-hydrogen) atoms. The van der Waals surface area contributed by atoms with E-state index in [0.717, 1.165) is 19.6 Å². The SMILES string of the molecule is CN1CCC(CNc2cc(F)c(Cl)cc2N)C1. The van der Waals surface area contributed by atoms with Crippen molar-refractivity contribution in [2.45, 2.75) is 6.42 Å². The molecule has 0 bridgehead atoms. The van der Waals surface area contributed by atoms with Gasteiger partial charge in [-0.25, -0.2) is 4.39 Å². The first-order valence-corrected chi connectivity index (χ1v) is 6.11. The summed E-state index contributed by atoms with van der Waals surface area (Å²) in [5.74, 6) is 0.157. The van der Waals surface area contributed by atoms with E-state index < -0.39 is 5.82 Å². The van der Waals surface area contributed by atoms with E-state index in [9.17, 15) is 4.39 Å². The third kappa shape index (κ3) is 3.01. The molecule has 1 aliphatic heterocycles. The molecule has 1 atom stereocenters. The number of benzene rings is 1. The second-order valence-corrected chi connectivity index (χ2v) is 5.06. The predicted octanol–water partition coefficient (Wildman–Crippen LogP) is 2.42. The number of nitrogens with zero attached hydrogens (tertiary/aromatic N) is 1. The maximum absolute atomic E-state index is 13.3. The van der Waals surface area contributed by atoms with E-state index in [1.54, 1.807) is 0 Å². The Morgan fingerprint density at radius 2 is 2.35 bits per heavy atom. The van der Waals surface area contributed by atoms with Crippen molar-refractivity contribution in [3.8, 4) is 0 Å². The zero-order valence-corrected chi connectivity index (χ0v) is 10.6. The van der Waals surface area contributed by atoms with Crippen molar-refractivity contribution in [1.29, 1.82) is 0 Å². The Bertz CT molecular complexity index is 411. The van der Waals surface area contributed by atoms with Crippen molar-refractivity contribution in [1.82, 2.24) is 4.90 Å². The van der Waals surface area contributed by atoms with Crippen LogP contribution >= 0.6 is 11.6 Å². The van der Waals surface area contributed by atoms with Gasteiger partial charge in [-0.1, -0.05) is 11.6 Å². The Balaban J connectivity index is 1.97. The van der Waals surface area contributed by atoms with Crippen molar-refractivity contribution in [2.24, 2.45) is 5.92 Å². The number of anilines is 2. The van der Waals surface area contributed by atoms with Crippen molar-refractivity contribution >= 4 is 23.0 Å². The van der Waals surface area contributed by atoms with Crippen LogP contribution in [0, 0.1) is 11.7 Å². The zero-order valence-electron chi connectivity index (χ0n) is 9.84. The summed E-state index contributed by atoms with van der Waals surface area (Å²) in [7, 11) is 2.11. The highest BCUT2D eigenvalue weighted by Crippen LogP contribution is 2.26. The summed E-state index contributed by atoms with van der Waals surface area (Å²) in [6.45, 7) is 3.01. The van der Waals surface area contributed by atoms with Gasteiger partial charge in [-0.2, -0.15) is 0 Å². The van der Waals surface area contributed by atoms with Crippen LogP contribution in [0.1, 0.15) is 6.42 Å². The number of likely N-dealkylation sites (tertiary alicyclic amines) is 1. The maximum Gasteiger partial charge on any atom is 0.143 e. The Kier molecular flexibility index (Phi) is 3.74. The van der Waals surface area contributed by atoms with Crippen LogP contribution in [0.5, 0.6) is 0 Å². The van der Waals surface area contributed by atoms with E-state index >= 15 is 0 Å². The molecule has 1 heterocycles. The predicted molar refractivity (Wildman–Crippen MR) is 69.9 cm³/mol. The van der Waals surface area contributed by atoms with Gasteiger partial charge in [0.1, 0.15) is 5.82 Å². The first-order valence-electron chi connectivity index (χ1n) is 5.73. The van der Waals surface area contributed by atoms with Gasteiger partial charge in [-0.3, -0.25) is 0 Å². The fourth-order valence-electron chi connectivity index (χ4n) is 2.16. The summed E-state index contributed by atoms with van der Waals surface area (Å²) in [5.41, 5.74) is 6.89. The molecule has 2 rings (SSSR count). The molecule has 5 heteroatoms. The number of nitrogens with one attached hydrogen (secondary N) is 1. The lowest BCUT2D eigenvalue weighted by Gasteiger charge is -2.14. The molecule has 0 saturated carbocycles. The van der Waals surface area contributed by atoms with Gasteiger partial charge in [0.15, 0.2) is 0 Å². The van der Waals surface area contributed by atoms with Crippen LogP contribution in [-0.2, 0) is 0 Å². The molecule has 1 aromatic rings. The fraction of sp³-hybridized carbons (Fsp3) is 0.500. The van der Waals surface area contributed by atoms with Crippen molar-refractivity contribution < 1.29 is 4.39 Å². The first kappa shape index (κ1) is 12.5. The van der Waals surface area contributed by atoms with Gasteiger partial charge in [-0.05, 0) is 32.0 Å². The molecular weight excluding hydrogens is 241 g/mol. The van der Waals surface area contributed by atoms with Gasteiger partial charge >= 0.3 is 0 Å². The molecule has 1 fully saturated rings. The molecule has 0 aliphatic carbocycles. The van der Waals surface area contributed by atoms with Crippen molar-refractivity contribution in [2.75, 3.05) is 37.7 Å². The summed E-state index contributed by atoms with van der Waals surface area (Å²) in [4.78, 5) is 2.29. The van der Waals surface area contributed by atoms with Gasteiger partial charge in [0.25, 0.3) is 0 Å². The van der Waals surface area contributed by atoms with Crippen LogP contribution in [0.2, 0.25) is 5.02 Å². The minimum atomic E-state index is -0.438. The van der Waals surface area contributed by atoms with Crippen molar-refractivity contribution in [3.63, 3.8) is 0 Å². The smallest absolute Gasteiger partial charge is 0.143 e. The molecule has 3 nitrogen and oxygen atoms in total. The normalized spacial score (nSPS) is 20.8. The summed E-state index contributed by atoms with van der Waals surface area (Å²) in [6, 6.07) is 2.80. The molecule has 3 N–H and O–H groups in total. The quantitative estimate of drug-likeness (QED) is 0.818. The van der Waals surface area contributed by atoms with Crippen LogP contribution < -0.4 is 11.1 Å². The van der Waals surface area contributed by atoms with Crippen molar-refractivity contribution in [3.05, 3.63) is 23.0 Å². The maximum atomic E-state index is 13.3. The second kappa shape index (κ2) is 5.10. The fourth-order valence-corrected chi connectivity index (χ4v) is 2.33. The van der Waals surface area contributed by atoms with E-state index in [1.165, 1.54) is 18.6 Å². The lowest BCUT2D eigenvalue weighted by Crippen LogP contribution is -2.19. The highest BCUT2D eigenvalue weighted by Gasteiger charge is 2.19. The largest absolute Gasteiger partial charge is 0.397 e. The first-order chi connectivity index (χ1) is 8.06. The highest BCUT2D eigenvalue weighted by atomic mass is 35.5. The summed E-state index contributed by atoms with van der Waals surface area (Å²) >= 11 is 5.64.